The molecular weight excluding hydrogens is 409 g/mol. The van der Waals surface area contributed by atoms with Gasteiger partial charge in [0, 0.05) is 20.3 Å². The van der Waals surface area contributed by atoms with Crippen molar-refractivity contribution >= 4 is 21.0 Å². The predicted octanol–water partition coefficient (Wildman–Crippen LogP) is 2.82. The summed E-state index contributed by atoms with van der Waals surface area (Å²) in [7, 11) is -0.824. The van der Waals surface area contributed by atoms with E-state index in [0.717, 1.165) is 0 Å². The van der Waals surface area contributed by atoms with Crippen LogP contribution in [0.25, 0.3) is 22.7 Å². The van der Waals surface area contributed by atoms with Crippen molar-refractivity contribution in [2.24, 2.45) is 14.1 Å². The lowest BCUT2D eigenvalue weighted by molar-refractivity contribution is -0.289. The topological polar surface area (TPSA) is 82.7 Å². The number of alkyl halides is 5. The molecule has 3 aromatic heterocycles. The average Bonchev–Trinajstić information content (AvgIpc) is 3.14. The lowest BCUT2D eigenvalue weighted by Gasteiger charge is -2.19. The molecule has 0 saturated carbocycles. The van der Waals surface area contributed by atoms with Gasteiger partial charge in [-0.1, -0.05) is 6.92 Å². The zero-order valence-electron chi connectivity index (χ0n) is 14.8. The number of hydrogen-bond donors (Lipinski definition) is 0. The van der Waals surface area contributed by atoms with E-state index in [-0.39, 0.29) is 33.5 Å². The SMILES string of the molecule is CCS(=O)(=O)c1c(-c2nc3cc(C(F)(F)C(F)(F)F)cnc3n2C)ncn1C. The zero-order chi connectivity index (χ0) is 21.1. The number of pyridine rings is 1. The molecule has 0 radical (unpaired) electrons. The summed E-state index contributed by atoms with van der Waals surface area (Å²) >= 11 is 0. The monoisotopic (exact) mass is 423 g/mol. The second-order valence-electron chi connectivity index (χ2n) is 6.05. The molecule has 0 bridgehead atoms. The molecule has 0 unspecified atom stereocenters. The fourth-order valence-electron chi connectivity index (χ4n) is 2.70. The lowest BCUT2D eigenvalue weighted by atomic mass is 10.1. The molecule has 0 aliphatic rings. The molecule has 0 spiro atoms. The van der Waals surface area contributed by atoms with Crippen LogP contribution in [0.2, 0.25) is 0 Å². The molecule has 28 heavy (non-hydrogen) atoms. The van der Waals surface area contributed by atoms with Crippen LogP contribution in [0.3, 0.4) is 0 Å². The molecule has 3 heterocycles. The van der Waals surface area contributed by atoms with E-state index in [0.29, 0.717) is 12.3 Å². The summed E-state index contributed by atoms with van der Waals surface area (Å²) in [5.41, 5.74) is -1.65. The van der Waals surface area contributed by atoms with Crippen molar-refractivity contribution in [2.75, 3.05) is 5.75 Å². The Kier molecular flexibility index (Phi) is 4.48. The maximum Gasteiger partial charge on any atom is 0.458 e. The summed E-state index contributed by atoms with van der Waals surface area (Å²) in [4.78, 5) is 11.7. The van der Waals surface area contributed by atoms with Gasteiger partial charge < -0.3 is 9.13 Å². The van der Waals surface area contributed by atoms with E-state index >= 15 is 0 Å². The van der Waals surface area contributed by atoms with Crippen LogP contribution in [-0.4, -0.2) is 44.4 Å². The van der Waals surface area contributed by atoms with Gasteiger partial charge in [0.15, 0.2) is 26.3 Å². The Morgan fingerprint density at radius 1 is 1.11 bits per heavy atom. The first-order valence-electron chi connectivity index (χ1n) is 7.83. The normalized spacial score (nSPS) is 13.4. The first-order valence-corrected chi connectivity index (χ1v) is 9.48. The number of nitrogens with zero attached hydrogens (tertiary/aromatic N) is 5. The molecule has 152 valence electrons. The van der Waals surface area contributed by atoms with Crippen LogP contribution in [0.15, 0.2) is 23.6 Å². The highest BCUT2D eigenvalue weighted by atomic mass is 32.2. The van der Waals surface area contributed by atoms with Gasteiger partial charge in [0.05, 0.1) is 17.6 Å². The van der Waals surface area contributed by atoms with Gasteiger partial charge in [-0.2, -0.15) is 22.0 Å². The summed E-state index contributed by atoms with van der Waals surface area (Å²) in [5.74, 6) is -5.35. The minimum absolute atomic E-state index is 0.00206. The minimum Gasteiger partial charge on any atom is -0.324 e. The Morgan fingerprint density at radius 2 is 1.75 bits per heavy atom. The van der Waals surface area contributed by atoms with E-state index in [1.807, 2.05) is 0 Å². The van der Waals surface area contributed by atoms with Gasteiger partial charge in [-0.15, -0.1) is 0 Å². The first kappa shape index (κ1) is 20.2. The van der Waals surface area contributed by atoms with E-state index in [1.54, 1.807) is 0 Å². The third-order valence-electron chi connectivity index (χ3n) is 4.20. The van der Waals surface area contributed by atoms with Gasteiger partial charge in [0.1, 0.15) is 11.2 Å². The third-order valence-corrected chi connectivity index (χ3v) is 6.03. The van der Waals surface area contributed by atoms with Crippen LogP contribution in [0, 0.1) is 0 Å². The Bertz CT molecular complexity index is 1160. The lowest BCUT2D eigenvalue weighted by Crippen LogP contribution is -2.33. The van der Waals surface area contributed by atoms with Crippen LogP contribution in [0.4, 0.5) is 22.0 Å². The van der Waals surface area contributed by atoms with Gasteiger partial charge in [0.25, 0.3) is 0 Å². The van der Waals surface area contributed by atoms with Crippen molar-refractivity contribution < 1.29 is 30.4 Å². The fraction of sp³-hybridized carbons (Fsp3) is 0.400. The number of hydrogen-bond acceptors (Lipinski definition) is 5. The smallest absolute Gasteiger partial charge is 0.324 e. The number of fused-ring (bicyclic) bond motifs is 1. The predicted molar refractivity (Wildman–Crippen MR) is 88.4 cm³/mol. The highest BCUT2D eigenvalue weighted by Crippen LogP contribution is 2.44. The number of rotatable bonds is 4. The molecule has 0 saturated heterocycles. The van der Waals surface area contributed by atoms with E-state index in [9.17, 15) is 30.4 Å². The van der Waals surface area contributed by atoms with Crippen LogP contribution in [-0.2, 0) is 29.9 Å². The van der Waals surface area contributed by atoms with Crippen molar-refractivity contribution in [3.63, 3.8) is 0 Å². The number of aryl methyl sites for hydroxylation is 2. The number of halogens is 5. The largest absolute Gasteiger partial charge is 0.458 e. The van der Waals surface area contributed by atoms with Gasteiger partial charge in [-0.3, -0.25) is 0 Å². The molecule has 0 aliphatic heterocycles. The molecular formula is C15H14F5N5O2S. The first-order chi connectivity index (χ1) is 12.8. The molecule has 0 N–H and O–H groups in total. The fourth-order valence-corrected chi connectivity index (χ4v) is 3.90. The van der Waals surface area contributed by atoms with Gasteiger partial charge in [-0.25, -0.2) is 23.4 Å². The van der Waals surface area contributed by atoms with Gasteiger partial charge in [-0.05, 0) is 6.07 Å². The zero-order valence-corrected chi connectivity index (χ0v) is 15.6. The van der Waals surface area contributed by atoms with Crippen molar-refractivity contribution in [2.45, 2.75) is 24.0 Å². The van der Waals surface area contributed by atoms with E-state index in [2.05, 4.69) is 15.0 Å². The maximum atomic E-state index is 13.6. The van der Waals surface area contributed by atoms with E-state index < -0.39 is 27.5 Å². The minimum atomic E-state index is -5.79. The number of imidazole rings is 2. The van der Waals surface area contributed by atoms with Crippen LogP contribution >= 0.6 is 0 Å². The second kappa shape index (κ2) is 6.22. The Balaban J connectivity index is 2.23. The third kappa shape index (κ3) is 2.93. The Labute approximate surface area is 155 Å². The van der Waals surface area contributed by atoms with Crippen molar-refractivity contribution in [1.29, 1.82) is 0 Å². The van der Waals surface area contributed by atoms with E-state index in [4.69, 9.17) is 0 Å². The Hall–Kier alpha value is -2.57. The molecule has 0 atom stereocenters. The van der Waals surface area contributed by atoms with Crippen LogP contribution in [0.1, 0.15) is 12.5 Å². The van der Waals surface area contributed by atoms with Crippen LogP contribution in [0.5, 0.6) is 0 Å². The van der Waals surface area contributed by atoms with Gasteiger partial charge in [0.2, 0.25) is 0 Å². The highest BCUT2D eigenvalue weighted by Gasteiger charge is 2.59. The molecule has 0 fully saturated rings. The summed E-state index contributed by atoms with van der Waals surface area (Å²) in [6.45, 7) is 1.44. The van der Waals surface area contributed by atoms with Crippen molar-refractivity contribution in [3.8, 4) is 11.5 Å². The van der Waals surface area contributed by atoms with Crippen molar-refractivity contribution in [3.05, 3.63) is 24.2 Å². The molecule has 0 amide bonds. The number of aromatic nitrogens is 5. The molecule has 0 aliphatic carbocycles. The summed E-state index contributed by atoms with van der Waals surface area (Å²) in [6, 6.07) is 0.580. The van der Waals surface area contributed by atoms with Gasteiger partial charge >= 0.3 is 12.1 Å². The van der Waals surface area contributed by atoms with Crippen molar-refractivity contribution in [1.82, 2.24) is 24.1 Å². The number of sulfone groups is 1. The van der Waals surface area contributed by atoms with E-state index in [1.165, 1.54) is 36.5 Å². The standard InChI is InChI=1S/C15H14F5N5O2S/c1-4-28(26,27)13-10(22-7-24(13)2)12-23-9-5-8(6-21-11(9)25(12)3)14(16,17)15(18,19)20/h5-7H,4H2,1-3H3. The summed E-state index contributed by atoms with van der Waals surface area (Å²) in [6.07, 6.45) is -4.12. The maximum absolute atomic E-state index is 13.6. The molecule has 0 aromatic carbocycles. The second-order valence-corrected chi connectivity index (χ2v) is 8.24. The molecule has 7 nitrogen and oxygen atoms in total. The highest BCUT2D eigenvalue weighted by molar-refractivity contribution is 7.91. The Morgan fingerprint density at radius 3 is 2.32 bits per heavy atom. The summed E-state index contributed by atoms with van der Waals surface area (Å²) < 4.78 is 92.3. The quantitative estimate of drug-likeness (QED) is 0.603. The summed E-state index contributed by atoms with van der Waals surface area (Å²) in [5, 5.41) is -0.144. The van der Waals surface area contributed by atoms with Crippen LogP contribution < -0.4 is 0 Å². The average molecular weight is 423 g/mol. The molecule has 3 rings (SSSR count). The molecule has 3 aromatic rings. The molecule has 13 heteroatoms.